The Bertz CT molecular complexity index is 1420. The number of rotatable bonds is 8. The highest BCUT2D eigenvalue weighted by atomic mass is 35.5. The van der Waals surface area contributed by atoms with E-state index in [1.165, 1.54) is 37.5 Å². The van der Waals surface area contributed by atoms with Gasteiger partial charge in [0.1, 0.15) is 22.8 Å². The van der Waals surface area contributed by atoms with E-state index in [1.807, 2.05) is 0 Å². The molecule has 1 aliphatic heterocycles. The lowest BCUT2D eigenvalue weighted by Crippen LogP contribution is -2.54. The summed E-state index contributed by atoms with van der Waals surface area (Å²) in [6.07, 6.45) is 1.31. The maximum absolute atomic E-state index is 13.1. The van der Waals surface area contributed by atoms with Gasteiger partial charge in [0.05, 0.1) is 24.9 Å². The minimum absolute atomic E-state index is 0.156. The zero-order chi connectivity index (χ0) is 27.2. The molecule has 0 aliphatic carbocycles. The van der Waals surface area contributed by atoms with Gasteiger partial charge in [0.25, 0.3) is 17.7 Å². The number of carbonyl (C=O) groups is 4. The monoisotopic (exact) mass is 535 g/mol. The Balaban J connectivity index is 1.45. The molecule has 5 amide bonds. The van der Waals surface area contributed by atoms with Gasteiger partial charge in [-0.05, 0) is 72.3 Å². The van der Waals surface area contributed by atoms with Gasteiger partial charge in [0, 0.05) is 5.69 Å². The number of hydrogen-bond acceptors (Lipinski definition) is 7. The smallest absolute Gasteiger partial charge is 0.335 e. The third kappa shape index (κ3) is 5.93. The van der Waals surface area contributed by atoms with Crippen LogP contribution in [0.4, 0.5) is 16.2 Å². The van der Waals surface area contributed by atoms with E-state index in [4.69, 9.17) is 25.8 Å². The zero-order valence-corrected chi connectivity index (χ0v) is 21.1. The van der Waals surface area contributed by atoms with Crippen LogP contribution in [0, 0.1) is 0 Å². The SMILES string of the molecule is COc1ccc(NC(=O)COc2ccc(/C=C3\C(=O)NC(=O)N(c4ccc(OC)cc4)C3=O)cc2Cl)cc1. The normalized spacial score (nSPS) is 14.2. The molecule has 1 aliphatic rings. The molecule has 3 aromatic carbocycles. The number of urea groups is 1. The van der Waals surface area contributed by atoms with Crippen molar-refractivity contribution in [3.63, 3.8) is 0 Å². The molecule has 1 heterocycles. The number of amides is 5. The maximum atomic E-state index is 13.1. The van der Waals surface area contributed by atoms with Crippen LogP contribution in [0.2, 0.25) is 5.02 Å². The number of imide groups is 2. The highest BCUT2D eigenvalue weighted by Crippen LogP contribution is 2.28. The third-order valence-corrected chi connectivity index (χ3v) is 5.73. The van der Waals surface area contributed by atoms with Crippen molar-refractivity contribution in [3.05, 3.63) is 82.9 Å². The number of carbonyl (C=O) groups excluding carboxylic acids is 4. The summed E-state index contributed by atoms with van der Waals surface area (Å²) in [6, 6.07) is 16.7. The van der Waals surface area contributed by atoms with Gasteiger partial charge in [-0.15, -0.1) is 0 Å². The van der Waals surface area contributed by atoms with Crippen molar-refractivity contribution in [2.75, 3.05) is 31.0 Å². The molecule has 0 saturated carbocycles. The van der Waals surface area contributed by atoms with E-state index in [9.17, 15) is 19.2 Å². The summed E-state index contributed by atoms with van der Waals surface area (Å²) in [5, 5.41) is 5.01. The fraction of sp³-hybridized carbons (Fsp3) is 0.111. The Labute approximate surface area is 222 Å². The zero-order valence-electron chi connectivity index (χ0n) is 20.3. The molecule has 0 atom stereocenters. The van der Waals surface area contributed by atoms with E-state index >= 15 is 0 Å². The second-order valence-electron chi connectivity index (χ2n) is 7.91. The van der Waals surface area contributed by atoms with E-state index in [0.717, 1.165) is 4.90 Å². The van der Waals surface area contributed by atoms with Crippen molar-refractivity contribution in [1.82, 2.24) is 5.32 Å². The van der Waals surface area contributed by atoms with Gasteiger partial charge in [-0.3, -0.25) is 19.7 Å². The Kier molecular flexibility index (Phi) is 7.93. The van der Waals surface area contributed by atoms with Gasteiger partial charge in [-0.2, -0.15) is 0 Å². The van der Waals surface area contributed by atoms with Crippen LogP contribution in [0.5, 0.6) is 17.2 Å². The standard InChI is InChI=1S/C27H22ClN3O7/c1-36-19-8-4-17(5-9-19)29-24(32)15-38-23-12-3-16(14-22(23)28)13-21-25(33)30-27(35)31(26(21)34)18-6-10-20(37-2)11-7-18/h3-14H,15H2,1-2H3,(H,29,32)(H,30,33,35)/b21-13+. The average Bonchev–Trinajstić information content (AvgIpc) is 2.91. The van der Waals surface area contributed by atoms with Crippen LogP contribution in [-0.2, 0) is 14.4 Å². The molecule has 2 N–H and O–H groups in total. The Hall–Kier alpha value is -4.83. The summed E-state index contributed by atoms with van der Waals surface area (Å²) >= 11 is 6.31. The number of halogens is 1. The number of benzene rings is 3. The molecule has 0 unspecified atom stereocenters. The minimum atomic E-state index is -0.864. The van der Waals surface area contributed by atoms with E-state index in [-0.39, 0.29) is 28.6 Å². The van der Waals surface area contributed by atoms with Gasteiger partial charge in [-0.1, -0.05) is 17.7 Å². The lowest BCUT2D eigenvalue weighted by atomic mass is 10.1. The van der Waals surface area contributed by atoms with Crippen LogP contribution in [0.15, 0.2) is 72.3 Å². The summed E-state index contributed by atoms with van der Waals surface area (Å²) in [6.45, 7) is -0.300. The van der Waals surface area contributed by atoms with E-state index < -0.39 is 23.8 Å². The number of nitrogens with zero attached hydrogens (tertiary/aromatic N) is 1. The Morgan fingerprint density at radius 1 is 0.947 bits per heavy atom. The highest BCUT2D eigenvalue weighted by Gasteiger charge is 2.36. The number of ether oxygens (including phenoxy) is 3. The van der Waals surface area contributed by atoms with Gasteiger partial charge < -0.3 is 19.5 Å². The highest BCUT2D eigenvalue weighted by molar-refractivity contribution is 6.39. The molecular formula is C27H22ClN3O7. The van der Waals surface area contributed by atoms with Crippen LogP contribution in [0.3, 0.4) is 0 Å². The number of barbiturate groups is 1. The van der Waals surface area contributed by atoms with E-state index in [2.05, 4.69) is 10.6 Å². The summed E-state index contributed by atoms with van der Waals surface area (Å²) in [5.41, 5.74) is 0.989. The first-order chi connectivity index (χ1) is 18.3. The van der Waals surface area contributed by atoms with Gasteiger partial charge in [0.2, 0.25) is 0 Å². The van der Waals surface area contributed by atoms with E-state index in [1.54, 1.807) is 49.6 Å². The fourth-order valence-corrected chi connectivity index (χ4v) is 3.77. The Morgan fingerprint density at radius 2 is 1.58 bits per heavy atom. The van der Waals surface area contributed by atoms with Crippen molar-refractivity contribution in [2.24, 2.45) is 0 Å². The molecule has 11 heteroatoms. The fourth-order valence-electron chi connectivity index (χ4n) is 3.53. The summed E-state index contributed by atoms with van der Waals surface area (Å²) in [4.78, 5) is 50.9. The summed E-state index contributed by atoms with van der Waals surface area (Å²) in [7, 11) is 3.04. The first-order valence-corrected chi connectivity index (χ1v) is 11.6. The average molecular weight is 536 g/mol. The van der Waals surface area contributed by atoms with Crippen LogP contribution < -0.4 is 29.7 Å². The molecule has 4 rings (SSSR count). The first-order valence-electron chi connectivity index (χ1n) is 11.2. The lowest BCUT2D eigenvalue weighted by Gasteiger charge is -2.26. The van der Waals surface area contributed by atoms with Crippen molar-refractivity contribution in [3.8, 4) is 17.2 Å². The lowest BCUT2D eigenvalue weighted by molar-refractivity contribution is -0.122. The van der Waals surface area contributed by atoms with Crippen molar-refractivity contribution < 1.29 is 33.4 Å². The molecule has 0 aromatic heterocycles. The third-order valence-electron chi connectivity index (χ3n) is 5.43. The summed E-state index contributed by atoms with van der Waals surface area (Å²) in [5.74, 6) is -0.598. The maximum Gasteiger partial charge on any atom is 0.335 e. The number of anilines is 2. The quantitative estimate of drug-likeness (QED) is 0.329. The second kappa shape index (κ2) is 11.5. The van der Waals surface area contributed by atoms with Crippen LogP contribution in [-0.4, -0.2) is 44.6 Å². The second-order valence-corrected chi connectivity index (χ2v) is 8.32. The van der Waals surface area contributed by atoms with Crippen molar-refractivity contribution >= 4 is 52.8 Å². The molecule has 3 aromatic rings. The molecule has 1 saturated heterocycles. The van der Waals surface area contributed by atoms with Gasteiger partial charge in [-0.25, -0.2) is 9.69 Å². The van der Waals surface area contributed by atoms with Crippen LogP contribution in [0.1, 0.15) is 5.56 Å². The van der Waals surface area contributed by atoms with Crippen molar-refractivity contribution in [1.29, 1.82) is 0 Å². The van der Waals surface area contributed by atoms with Crippen LogP contribution >= 0.6 is 11.6 Å². The van der Waals surface area contributed by atoms with Crippen LogP contribution in [0.25, 0.3) is 6.08 Å². The molecule has 1 fully saturated rings. The minimum Gasteiger partial charge on any atom is -0.497 e. The molecule has 0 spiro atoms. The number of hydrogen-bond donors (Lipinski definition) is 2. The van der Waals surface area contributed by atoms with Gasteiger partial charge >= 0.3 is 6.03 Å². The van der Waals surface area contributed by atoms with E-state index in [0.29, 0.717) is 22.7 Å². The number of methoxy groups -OCH3 is 2. The number of nitrogens with one attached hydrogen (secondary N) is 2. The topological polar surface area (TPSA) is 123 Å². The Morgan fingerprint density at radius 3 is 2.18 bits per heavy atom. The summed E-state index contributed by atoms with van der Waals surface area (Å²) < 4.78 is 15.7. The van der Waals surface area contributed by atoms with Crippen molar-refractivity contribution in [2.45, 2.75) is 0 Å². The molecule has 38 heavy (non-hydrogen) atoms. The predicted molar refractivity (Wildman–Crippen MR) is 141 cm³/mol. The predicted octanol–water partition coefficient (Wildman–Crippen LogP) is 4.04. The van der Waals surface area contributed by atoms with Gasteiger partial charge in [0.15, 0.2) is 6.61 Å². The first kappa shape index (κ1) is 26.2. The molecule has 0 radical (unpaired) electrons. The molecular weight excluding hydrogens is 514 g/mol. The largest absolute Gasteiger partial charge is 0.497 e. The molecule has 0 bridgehead atoms. The molecule has 194 valence electrons. The molecule has 10 nitrogen and oxygen atoms in total.